The number of hydrogen-bond acceptors (Lipinski definition) is 10. The molecule has 2 aromatic rings. The zero-order chi connectivity index (χ0) is 28.3. The third-order valence-corrected chi connectivity index (χ3v) is 8.21. The van der Waals surface area contributed by atoms with Crippen LogP contribution in [0.3, 0.4) is 0 Å². The van der Waals surface area contributed by atoms with Gasteiger partial charge in [0.25, 0.3) is 5.56 Å². The highest BCUT2D eigenvalue weighted by atomic mass is 32.5. The monoisotopic (exact) mass is 569 g/mol. The van der Waals surface area contributed by atoms with Crippen LogP contribution in [0.2, 0.25) is 0 Å². The van der Waals surface area contributed by atoms with E-state index in [0.29, 0.717) is 5.75 Å². The summed E-state index contributed by atoms with van der Waals surface area (Å²) in [5, 5.41) is 25.3. The molecule has 0 amide bonds. The summed E-state index contributed by atoms with van der Waals surface area (Å²) in [6.07, 6.45) is -3.46. The average molecular weight is 570 g/mol. The lowest BCUT2D eigenvalue weighted by Crippen LogP contribution is -2.50. The van der Waals surface area contributed by atoms with Crippen molar-refractivity contribution in [3.63, 3.8) is 0 Å². The Morgan fingerprint density at radius 1 is 1.29 bits per heavy atom. The molecular weight excluding hydrogens is 537 g/mol. The molecule has 0 bridgehead atoms. The molecule has 208 valence electrons. The molecule has 0 radical (unpaired) electrons. The fraction of sp³-hybridized carbons (Fsp3) is 0.458. The normalized spacial score (nSPS) is 25.5. The highest BCUT2D eigenvalue weighted by Gasteiger charge is 2.57. The summed E-state index contributed by atoms with van der Waals surface area (Å²) in [6, 6.07) is 8.73. The number of aliphatic hydroxyl groups excluding tert-OH is 1. The van der Waals surface area contributed by atoms with Crippen molar-refractivity contribution in [3.05, 3.63) is 75.6 Å². The molecule has 3 rings (SSSR count). The maximum absolute atomic E-state index is 12.4. The fourth-order valence-corrected chi connectivity index (χ4v) is 6.18. The number of ether oxygens (including phenoxy) is 2. The Bertz CT molecular complexity index is 1310. The first-order valence-electron chi connectivity index (χ1n) is 11.8. The van der Waals surface area contributed by atoms with Gasteiger partial charge in [0.1, 0.15) is 24.0 Å². The number of carbonyl (C=O) groups excluding carboxylic acids is 1. The van der Waals surface area contributed by atoms with Crippen LogP contribution in [0, 0.1) is 0 Å². The Balaban J connectivity index is 1.87. The van der Waals surface area contributed by atoms with Gasteiger partial charge in [0.2, 0.25) is 0 Å². The minimum Gasteiger partial charge on any atom is -0.462 e. The lowest BCUT2D eigenvalue weighted by atomic mass is 9.87. The number of esters is 1. The fourth-order valence-electron chi connectivity index (χ4n) is 3.76. The van der Waals surface area contributed by atoms with Crippen LogP contribution >= 0.6 is 6.64 Å². The first-order chi connectivity index (χ1) is 17.8. The van der Waals surface area contributed by atoms with Crippen molar-refractivity contribution in [1.29, 1.82) is 0 Å². The first-order valence-corrected chi connectivity index (χ1v) is 14.4. The molecule has 1 aliphatic rings. The van der Waals surface area contributed by atoms with Crippen molar-refractivity contribution in [1.82, 2.24) is 14.6 Å². The lowest BCUT2D eigenvalue weighted by molar-refractivity contribution is -0.149. The molecule has 4 N–H and O–H groups in total. The second kappa shape index (κ2) is 12.0. The number of nitrogens with one attached hydrogen (secondary N) is 2. The molecule has 6 atom stereocenters. The smallest absolute Gasteiger partial charge is 0.330 e. The van der Waals surface area contributed by atoms with Gasteiger partial charge in [-0.15, -0.1) is 0 Å². The van der Waals surface area contributed by atoms with Crippen molar-refractivity contribution in [2.24, 2.45) is 0 Å². The van der Waals surface area contributed by atoms with Gasteiger partial charge in [-0.2, -0.15) is 0 Å². The molecule has 1 aliphatic heterocycles. The van der Waals surface area contributed by atoms with Gasteiger partial charge in [0.15, 0.2) is 11.8 Å². The molecule has 38 heavy (non-hydrogen) atoms. The zero-order valence-corrected chi connectivity index (χ0v) is 23.1. The minimum absolute atomic E-state index is 0.110. The molecule has 1 aromatic heterocycles. The third kappa shape index (κ3) is 6.67. The summed E-state index contributed by atoms with van der Waals surface area (Å²) in [6.45, 7) is 6.31. The predicted octanol–water partition coefficient (Wildman–Crippen LogP) is 1.35. The second-order valence-electron chi connectivity index (χ2n) is 9.13. The molecule has 0 aliphatic carbocycles. The standard InChI is InChI=1S/C24H32N3O9PS/c1-14(2)24(32)20(29)18(35-22(24)27-12-11-19(28)25-23(27)31)13-33-37(38,36-17-9-7-6-8-10-17)26-16(5)21(30)34-15(3)4/h6-12,15-16,18,20,22,29,32H,1,13H2,2-5H3,(H,26,38)(H,25,28,31)/t16-,18?,20+,22+,24+,37?/m0/s1. The Morgan fingerprint density at radius 2 is 1.95 bits per heavy atom. The van der Waals surface area contributed by atoms with Crippen molar-refractivity contribution >= 4 is 24.4 Å². The maximum atomic E-state index is 12.4. The van der Waals surface area contributed by atoms with Gasteiger partial charge in [-0.1, -0.05) is 24.8 Å². The summed E-state index contributed by atoms with van der Waals surface area (Å²) >= 11 is 5.67. The number of benzene rings is 1. The van der Waals surface area contributed by atoms with Crippen LogP contribution in [0.25, 0.3) is 0 Å². The molecule has 0 spiro atoms. The summed E-state index contributed by atoms with van der Waals surface area (Å²) in [5.41, 5.74) is -3.49. The molecule has 0 saturated carbocycles. The predicted molar refractivity (Wildman–Crippen MR) is 142 cm³/mol. The van der Waals surface area contributed by atoms with Gasteiger partial charge >= 0.3 is 18.3 Å². The van der Waals surface area contributed by atoms with Crippen LogP contribution in [0.4, 0.5) is 0 Å². The number of hydrogen-bond donors (Lipinski definition) is 4. The van der Waals surface area contributed by atoms with Crippen LogP contribution in [-0.2, 0) is 30.6 Å². The summed E-state index contributed by atoms with van der Waals surface area (Å²) in [7, 11) is 0. The minimum atomic E-state index is -3.48. The van der Waals surface area contributed by atoms with Crippen molar-refractivity contribution < 1.29 is 33.5 Å². The van der Waals surface area contributed by atoms with E-state index in [-0.39, 0.29) is 11.7 Å². The van der Waals surface area contributed by atoms with E-state index in [1.54, 1.807) is 51.1 Å². The van der Waals surface area contributed by atoms with E-state index in [1.807, 2.05) is 0 Å². The van der Waals surface area contributed by atoms with E-state index in [9.17, 15) is 24.6 Å². The van der Waals surface area contributed by atoms with E-state index in [4.69, 9.17) is 30.3 Å². The maximum Gasteiger partial charge on any atom is 0.330 e. The topological polar surface area (TPSA) is 161 Å². The number of rotatable bonds is 11. The second-order valence-corrected chi connectivity index (χ2v) is 12.3. The van der Waals surface area contributed by atoms with Gasteiger partial charge in [-0.3, -0.25) is 19.1 Å². The summed E-state index contributed by atoms with van der Waals surface area (Å²) in [5.74, 6) is -0.197. The van der Waals surface area contributed by atoms with E-state index in [1.165, 1.54) is 6.92 Å². The highest BCUT2D eigenvalue weighted by molar-refractivity contribution is 8.09. The quantitative estimate of drug-likeness (QED) is 0.176. The molecular formula is C24H32N3O9PS. The van der Waals surface area contributed by atoms with Crippen molar-refractivity contribution in [2.45, 2.75) is 63.9 Å². The van der Waals surface area contributed by atoms with Crippen LogP contribution in [-0.4, -0.2) is 62.3 Å². The van der Waals surface area contributed by atoms with Crippen molar-refractivity contribution in [3.8, 4) is 5.75 Å². The molecule has 2 unspecified atom stereocenters. The number of carbonyl (C=O) groups is 1. The van der Waals surface area contributed by atoms with E-state index in [2.05, 4.69) is 16.7 Å². The number of aliphatic hydroxyl groups is 2. The molecule has 1 saturated heterocycles. The highest BCUT2D eigenvalue weighted by Crippen LogP contribution is 2.48. The third-order valence-electron chi connectivity index (χ3n) is 5.71. The van der Waals surface area contributed by atoms with E-state index < -0.39 is 60.5 Å². The van der Waals surface area contributed by atoms with Crippen LogP contribution in [0.1, 0.15) is 33.9 Å². The number of aromatic amines is 1. The molecule has 14 heteroatoms. The van der Waals surface area contributed by atoms with E-state index >= 15 is 0 Å². The molecule has 2 heterocycles. The first kappa shape index (κ1) is 29.9. The van der Waals surface area contributed by atoms with E-state index in [0.717, 1.165) is 16.8 Å². The summed E-state index contributed by atoms with van der Waals surface area (Å²) < 4.78 is 23.9. The van der Waals surface area contributed by atoms with Gasteiger partial charge in [-0.25, -0.2) is 9.88 Å². The average Bonchev–Trinajstić information content (AvgIpc) is 3.09. The number of H-pyrrole nitrogens is 1. The summed E-state index contributed by atoms with van der Waals surface area (Å²) in [4.78, 5) is 38.4. The Morgan fingerprint density at radius 3 is 2.53 bits per heavy atom. The van der Waals surface area contributed by atoms with Crippen LogP contribution in [0.15, 0.2) is 64.3 Å². The number of nitrogens with zero attached hydrogens (tertiary/aromatic N) is 1. The Labute approximate surface area is 224 Å². The van der Waals surface area contributed by atoms with Gasteiger partial charge < -0.3 is 28.7 Å². The van der Waals surface area contributed by atoms with Crippen LogP contribution in [0.5, 0.6) is 5.75 Å². The van der Waals surface area contributed by atoms with Crippen LogP contribution < -0.4 is 20.9 Å². The zero-order valence-electron chi connectivity index (χ0n) is 21.4. The Kier molecular flexibility index (Phi) is 9.48. The van der Waals surface area contributed by atoms with Gasteiger partial charge in [0.05, 0.1) is 12.7 Å². The molecule has 1 fully saturated rings. The largest absolute Gasteiger partial charge is 0.462 e. The lowest BCUT2D eigenvalue weighted by Gasteiger charge is -2.32. The number of aromatic nitrogens is 2. The molecule has 1 aromatic carbocycles. The van der Waals surface area contributed by atoms with Gasteiger partial charge in [0, 0.05) is 12.3 Å². The number of para-hydroxylation sites is 1. The SMILES string of the molecule is C=C(C)[C@@]1(O)[C@H](O)C(COP(=S)(N[C@@H](C)C(=O)OC(C)C)Oc2ccccc2)O[C@H]1n1ccc(=O)[nH]c1=O. The molecule has 12 nitrogen and oxygen atoms in total. The Hall–Kier alpha value is -2.64. The van der Waals surface area contributed by atoms with Crippen molar-refractivity contribution in [2.75, 3.05) is 6.61 Å². The van der Waals surface area contributed by atoms with Gasteiger partial charge in [-0.05, 0) is 57.2 Å².